The zero-order valence-electron chi connectivity index (χ0n) is 11.6. The predicted molar refractivity (Wildman–Crippen MR) is 82.2 cm³/mol. The van der Waals surface area contributed by atoms with E-state index in [4.69, 9.17) is 0 Å². The quantitative estimate of drug-likeness (QED) is 0.942. The van der Waals surface area contributed by atoms with Crippen LogP contribution in [0.25, 0.3) is 5.69 Å². The van der Waals surface area contributed by atoms with Crippen molar-refractivity contribution in [3.63, 3.8) is 0 Å². The molecule has 0 aliphatic carbocycles. The molecule has 1 aromatic carbocycles. The van der Waals surface area contributed by atoms with Crippen LogP contribution in [0.2, 0.25) is 0 Å². The molecule has 3 rings (SSSR count). The number of hydrogen-bond acceptors (Lipinski definition) is 3. The first-order valence-electron chi connectivity index (χ1n) is 6.74. The van der Waals surface area contributed by atoms with Gasteiger partial charge in [0.05, 0.1) is 11.4 Å². The zero-order valence-corrected chi connectivity index (χ0v) is 12.5. The monoisotopic (exact) mass is 287 g/mol. The number of carbonyl (C=O) groups is 1. The van der Waals surface area contributed by atoms with Gasteiger partial charge in [-0.25, -0.2) is 4.68 Å². The minimum absolute atomic E-state index is 0.0259. The molecule has 0 atom stereocenters. The van der Waals surface area contributed by atoms with E-state index in [9.17, 15) is 4.79 Å². The molecule has 1 amide bonds. The maximum absolute atomic E-state index is 11.8. The number of nitrogens with one attached hydrogen (secondary N) is 1. The van der Waals surface area contributed by atoms with Crippen LogP contribution in [-0.2, 0) is 16.3 Å². The van der Waals surface area contributed by atoms with Crippen molar-refractivity contribution in [2.24, 2.45) is 0 Å². The molecule has 2 heterocycles. The van der Waals surface area contributed by atoms with Gasteiger partial charge in [0.15, 0.2) is 0 Å². The molecule has 0 saturated carbocycles. The van der Waals surface area contributed by atoms with Crippen molar-refractivity contribution in [2.75, 3.05) is 5.32 Å². The van der Waals surface area contributed by atoms with Crippen molar-refractivity contribution in [1.82, 2.24) is 9.78 Å². The van der Waals surface area contributed by atoms with Gasteiger partial charge < -0.3 is 5.32 Å². The van der Waals surface area contributed by atoms with Crippen molar-refractivity contribution < 1.29 is 4.79 Å². The number of carbonyl (C=O) groups excluding carboxylic acids is 1. The molecule has 5 heteroatoms. The molecule has 1 aromatic heterocycles. The third kappa shape index (κ3) is 2.33. The number of hydrogen-bond donors (Lipinski definition) is 1. The van der Waals surface area contributed by atoms with Gasteiger partial charge >= 0.3 is 0 Å². The second kappa shape index (κ2) is 5.32. The third-order valence-electron chi connectivity index (χ3n) is 3.41. The second-order valence-corrected chi connectivity index (χ2v) is 5.90. The van der Waals surface area contributed by atoms with E-state index in [0.717, 1.165) is 34.3 Å². The fourth-order valence-electron chi connectivity index (χ4n) is 2.23. The lowest BCUT2D eigenvalue weighted by Crippen LogP contribution is -2.14. The van der Waals surface area contributed by atoms with Gasteiger partial charge in [0, 0.05) is 23.5 Å². The maximum Gasteiger partial charge on any atom is 0.225 e. The molecule has 1 aliphatic rings. The highest BCUT2D eigenvalue weighted by atomic mass is 32.2. The van der Waals surface area contributed by atoms with Crippen molar-refractivity contribution >= 4 is 23.5 Å². The fraction of sp³-hybridized carbons (Fsp3) is 0.333. The molecule has 2 aromatic rings. The van der Waals surface area contributed by atoms with Crippen molar-refractivity contribution in [2.45, 2.75) is 31.8 Å². The normalized spacial score (nSPS) is 13.3. The number of nitrogens with zero attached hydrogens (tertiary/aromatic N) is 2. The summed E-state index contributed by atoms with van der Waals surface area (Å²) in [7, 11) is 0. The van der Waals surface area contributed by atoms with E-state index in [1.54, 1.807) is 0 Å². The molecule has 0 spiro atoms. The van der Waals surface area contributed by atoms with E-state index < -0.39 is 0 Å². The van der Waals surface area contributed by atoms with E-state index in [1.165, 1.54) is 5.56 Å². The molecular formula is C15H17N3OS. The Kier molecular flexibility index (Phi) is 3.53. The molecule has 1 N–H and O–H groups in total. The van der Waals surface area contributed by atoms with E-state index in [2.05, 4.69) is 29.5 Å². The molecule has 0 radical (unpaired) electrons. The lowest BCUT2D eigenvalue weighted by atomic mass is 10.2. The summed E-state index contributed by atoms with van der Waals surface area (Å²) in [5, 5.41) is 7.66. The summed E-state index contributed by atoms with van der Waals surface area (Å²) in [6, 6.07) is 8.18. The summed E-state index contributed by atoms with van der Waals surface area (Å²) >= 11 is 1.84. The van der Waals surface area contributed by atoms with E-state index in [0.29, 0.717) is 6.42 Å². The molecular weight excluding hydrogens is 270 g/mol. The number of anilines is 1. The van der Waals surface area contributed by atoms with Gasteiger partial charge in [-0.3, -0.25) is 4.79 Å². The molecule has 0 bridgehead atoms. The average Bonchev–Trinajstić information content (AvgIpc) is 3.02. The molecule has 4 nitrogen and oxygen atoms in total. The van der Waals surface area contributed by atoms with Crippen LogP contribution >= 0.6 is 11.8 Å². The van der Waals surface area contributed by atoms with Crippen LogP contribution in [0.5, 0.6) is 0 Å². The highest BCUT2D eigenvalue weighted by molar-refractivity contribution is 7.98. The van der Waals surface area contributed by atoms with Crippen LogP contribution < -0.4 is 5.32 Å². The van der Waals surface area contributed by atoms with Gasteiger partial charge in [0.25, 0.3) is 0 Å². The number of benzene rings is 1. The number of amides is 1. The largest absolute Gasteiger partial charge is 0.310 e. The summed E-state index contributed by atoms with van der Waals surface area (Å²) in [5.41, 5.74) is 4.45. The Morgan fingerprint density at radius 1 is 1.35 bits per heavy atom. The highest BCUT2D eigenvalue weighted by Crippen LogP contribution is 2.36. The van der Waals surface area contributed by atoms with Crippen molar-refractivity contribution in [1.29, 1.82) is 0 Å². The summed E-state index contributed by atoms with van der Waals surface area (Å²) in [6.07, 6.45) is 0.473. The number of aromatic nitrogens is 2. The molecule has 104 valence electrons. The van der Waals surface area contributed by atoms with Crippen molar-refractivity contribution in [3.05, 3.63) is 41.1 Å². The van der Waals surface area contributed by atoms with Crippen LogP contribution in [0.3, 0.4) is 0 Å². The molecule has 1 aliphatic heterocycles. The number of aryl methyl sites for hydroxylation is 1. The van der Waals surface area contributed by atoms with Gasteiger partial charge in [0.2, 0.25) is 5.91 Å². The van der Waals surface area contributed by atoms with Crippen LogP contribution in [0.1, 0.15) is 30.2 Å². The third-order valence-corrected chi connectivity index (χ3v) is 4.38. The van der Waals surface area contributed by atoms with Crippen LogP contribution in [0, 0.1) is 6.92 Å². The van der Waals surface area contributed by atoms with Crippen LogP contribution in [-0.4, -0.2) is 15.7 Å². The topological polar surface area (TPSA) is 46.9 Å². The van der Waals surface area contributed by atoms with Gasteiger partial charge in [-0.2, -0.15) is 16.9 Å². The minimum Gasteiger partial charge on any atom is -0.310 e. The summed E-state index contributed by atoms with van der Waals surface area (Å²) in [5.74, 6) is 2.70. The van der Waals surface area contributed by atoms with Gasteiger partial charge in [-0.15, -0.1) is 0 Å². The molecule has 0 unspecified atom stereocenters. The Balaban J connectivity index is 2.06. The Bertz CT molecular complexity index is 646. The van der Waals surface area contributed by atoms with E-state index >= 15 is 0 Å². The number of rotatable bonds is 3. The average molecular weight is 287 g/mol. The Labute approximate surface area is 122 Å². The SMILES string of the molecule is CCC(=O)Nc1c2c(nn1-c1ccc(C)cc1)CSC2. The second-order valence-electron chi connectivity index (χ2n) is 4.92. The van der Waals surface area contributed by atoms with Gasteiger partial charge in [0.1, 0.15) is 5.82 Å². The van der Waals surface area contributed by atoms with Crippen LogP contribution in [0.15, 0.2) is 24.3 Å². The van der Waals surface area contributed by atoms with Gasteiger partial charge in [-0.05, 0) is 19.1 Å². The molecule has 20 heavy (non-hydrogen) atoms. The molecule has 0 fully saturated rings. The highest BCUT2D eigenvalue weighted by Gasteiger charge is 2.24. The predicted octanol–water partition coefficient (Wildman–Crippen LogP) is 3.28. The first-order chi connectivity index (χ1) is 9.69. The summed E-state index contributed by atoms with van der Waals surface area (Å²) in [4.78, 5) is 11.8. The standard InChI is InChI=1S/C15H17N3OS/c1-3-14(19)16-15-12-8-20-9-13(12)17-18(15)11-6-4-10(2)5-7-11/h4-7H,3,8-9H2,1-2H3,(H,16,19). The summed E-state index contributed by atoms with van der Waals surface area (Å²) in [6.45, 7) is 3.92. The Morgan fingerprint density at radius 3 is 2.80 bits per heavy atom. The Morgan fingerprint density at radius 2 is 2.10 bits per heavy atom. The lowest BCUT2D eigenvalue weighted by molar-refractivity contribution is -0.115. The smallest absolute Gasteiger partial charge is 0.225 e. The first-order valence-corrected chi connectivity index (χ1v) is 7.90. The maximum atomic E-state index is 11.8. The van der Waals surface area contributed by atoms with E-state index in [1.807, 2.05) is 35.5 Å². The first kappa shape index (κ1) is 13.2. The zero-order chi connectivity index (χ0) is 14.1. The Hall–Kier alpha value is -1.75. The van der Waals surface area contributed by atoms with Crippen molar-refractivity contribution in [3.8, 4) is 5.69 Å². The molecule has 0 saturated heterocycles. The summed E-state index contributed by atoms with van der Waals surface area (Å²) < 4.78 is 1.86. The van der Waals surface area contributed by atoms with Crippen LogP contribution in [0.4, 0.5) is 5.82 Å². The fourth-order valence-corrected chi connectivity index (χ4v) is 3.27. The van der Waals surface area contributed by atoms with Gasteiger partial charge in [-0.1, -0.05) is 24.6 Å². The minimum atomic E-state index is 0.0259. The lowest BCUT2D eigenvalue weighted by Gasteiger charge is -2.10. The van der Waals surface area contributed by atoms with E-state index in [-0.39, 0.29) is 5.91 Å². The number of fused-ring (bicyclic) bond motifs is 1. The number of thioether (sulfide) groups is 1.